The van der Waals surface area contributed by atoms with Crippen molar-refractivity contribution >= 4 is 17.3 Å². The Bertz CT molecular complexity index is 568. The van der Waals surface area contributed by atoms with Crippen LogP contribution in [0.5, 0.6) is 0 Å². The second-order valence-electron chi connectivity index (χ2n) is 4.78. The highest BCUT2D eigenvalue weighted by atomic mass is 16.5. The number of rotatable bonds is 4. The summed E-state index contributed by atoms with van der Waals surface area (Å²) >= 11 is 0. The predicted octanol–water partition coefficient (Wildman–Crippen LogP) is 0.852. The molecule has 1 aliphatic heterocycles. The Hall–Kier alpha value is -1.86. The van der Waals surface area contributed by atoms with E-state index in [0.717, 1.165) is 31.0 Å². The van der Waals surface area contributed by atoms with Crippen molar-refractivity contribution in [2.75, 3.05) is 23.9 Å². The first-order valence-electron chi connectivity index (χ1n) is 6.43. The summed E-state index contributed by atoms with van der Waals surface area (Å²) in [4.78, 5) is 8.70. The molecule has 0 bridgehead atoms. The summed E-state index contributed by atoms with van der Waals surface area (Å²) in [5.74, 6) is 7.27. The summed E-state index contributed by atoms with van der Waals surface area (Å²) in [7, 11) is 0. The van der Waals surface area contributed by atoms with E-state index in [0.29, 0.717) is 17.8 Å². The largest absolute Gasteiger partial charge is 0.378 e. The molecule has 4 N–H and O–H groups in total. The van der Waals surface area contributed by atoms with Gasteiger partial charge < -0.3 is 19.9 Å². The molecule has 19 heavy (non-hydrogen) atoms. The summed E-state index contributed by atoms with van der Waals surface area (Å²) in [6.07, 6.45) is 6.77. The van der Waals surface area contributed by atoms with Crippen molar-refractivity contribution in [1.82, 2.24) is 14.4 Å². The summed E-state index contributed by atoms with van der Waals surface area (Å²) in [5, 5.41) is 3.35. The number of nitrogens with one attached hydrogen (secondary N) is 2. The Morgan fingerprint density at radius 1 is 1.58 bits per heavy atom. The van der Waals surface area contributed by atoms with Crippen LogP contribution in [0.15, 0.2) is 18.6 Å². The number of ether oxygens (including phenoxy) is 1. The van der Waals surface area contributed by atoms with Crippen LogP contribution in [0.1, 0.15) is 13.3 Å². The molecule has 0 spiro atoms. The lowest BCUT2D eigenvalue weighted by molar-refractivity contribution is 0.108. The first-order chi connectivity index (χ1) is 9.28. The van der Waals surface area contributed by atoms with Gasteiger partial charge in [0.05, 0.1) is 12.3 Å². The SMILES string of the molecule is CC1OCCC1CNc1nc(NN)cn2ccnc12. The molecular weight excluding hydrogens is 244 g/mol. The molecule has 0 saturated carbocycles. The van der Waals surface area contributed by atoms with E-state index in [-0.39, 0.29) is 0 Å². The minimum Gasteiger partial charge on any atom is -0.378 e. The predicted molar refractivity (Wildman–Crippen MR) is 72.8 cm³/mol. The molecule has 0 amide bonds. The number of fused-ring (bicyclic) bond motifs is 1. The van der Waals surface area contributed by atoms with Gasteiger partial charge in [-0.3, -0.25) is 0 Å². The van der Waals surface area contributed by atoms with Gasteiger partial charge in [0.25, 0.3) is 0 Å². The standard InChI is InChI=1S/C12H18N6O/c1-8-9(2-5-19-8)6-15-11-12-14-3-4-18(12)7-10(16-11)17-13/h3-4,7-9,17H,2,5-6,13H2,1H3,(H,15,16). The zero-order chi connectivity index (χ0) is 13.2. The lowest BCUT2D eigenvalue weighted by Gasteiger charge is -2.16. The summed E-state index contributed by atoms with van der Waals surface area (Å²) in [6, 6.07) is 0. The summed E-state index contributed by atoms with van der Waals surface area (Å²) in [5.41, 5.74) is 3.36. The average molecular weight is 262 g/mol. The minimum absolute atomic E-state index is 0.291. The van der Waals surface area contributed by atoms with Crippen LogP contribution in [0.4, 0.5) is 11.6 Å². The molecule has 0 radical (unpaired) electrons. The molecule has 102 valence electrons. The number of hydrogen-bond donors (Lipinski definition) is 3. The molecule has 3 rings (SSSR count). The van der Waals surface area contributed by atoms with Crippen molar-refractivity contribution < 1.29 is 4.74 Å². The van der Waals surface area contributed by atoms with Gasteiger partial charge in [0.1, 0.15) is 0 Å². The molecule has 2 aromatic rings. The average Bonchev–Trinajstić information content (AvgIpc) is 3.04. The first kappa shape index (κ1) is 12.2. The minimum atomic E-state index is 0.291. The lowest BCUT2D eigenvalue weighted by Crippen LogP contribution is -2.22. The van der Waals surface area contributed by atoms with E-state index in [1.54, 1.807) is 12.4 Å². The third-order valence-electron chi connectivity index (χ3n) is 3.59. The van der Waals surface area contributed by atoms with Crippen molar-refractivity contribution in [3.63, 3.8) is 0 Å². The van der Waals surface area contributed by atoms with E-state index < -0.39 is 0 Å². The summed E-state index contributed by atoms with van der Waals surface area (Å²) < 4.78 is 7.45. The number of anilines is 2. The Kier molecular flexibility index (Phi) is 3.22. The van der Waals surface area contributed by atoms with E-state index >= 15 is 0 Å². The fourth-order valence-electron chi connectivity index (χ4n) is 2.39. The normalized spacial score (nSPS) is 22.8. The van der Waals surface area contributed by atoms with Gasteiger partial charge in [0.15, 0.2) is 17.3 Å². The van der Waals surface area contributed by atoms with Gasteiger partial charge in [-0.1, -0.05) is 0 Å². The molecule has 7 heteroatoms. The molecule has 3 heterocycles. The van der Waals surface area contributed by atoms with E-state index in [1.165, 1.54) is 0 Å². The molecule has 0 aliphatic carbocycles. The number of nitrogens with two attached hydrogens (primary N) is 1. The quantitative estimate of drug-likeness (QED) is 0.559. The van der Waals surface area contributed by atoms with Crippen LogP contribution in [0.3, 0.4) is 0 Å². The van der Waals surface area contributed by atoms with Crippen molar-refractivity contribution in [2.45, 2.75) is 19.4 Å². The van der Waals surface area contributed by atoms with E-state index in [2.05, 4.69) is 27.6 Å². The second kappa shape index (κ2) is 5.02. The number of nitrogen functional groups attached to an aromatic ring is 1. The van der Waals surface area contributed by atoms with Gasteiger partial charge in [-0.2, -0.15) is 0 Å². The molecule has 7 nitrogen and oxygen atoms in total. The van der Waals surface area contributed by atoms with Crippen LogP contribution < -0.4 is 16.6 Å². The summed E-state index contributed by atoms with van der Waals surface area (Å²) in [6.45, 7) is 3.77. The van der Waals surface area contributed by atoms with E-state index in [4.69, 9.17) is 10.6 Å². The van der Waals surface area contributed by atoms with Crippen molar-refractivity contribution in [3.05, 3.63) is 18.6 Å². The van der Waals surface area contributed by atoms with Crippen LogP contribution in [-0.2, 0) is 4.74 Å². The van der Waals surface area contributed by atoms with E-state index in [9.17, 15) is 0 Å². The van der Waals surface area contributed by atoms with Crippen LogP contribution in [-0.4, -0.2) is 33.6 Å². The molecule has 1 saturated heterocycles. The van der Waals surface area contributed by atoms with Crippen molar-refractivity contribution in [1.29, 1.82) is 0 Å². The number of hydrazine groups is 1. The van der Waals surface area contributed by atoms with Gasteiger partial charge in [-0.25, -0.2) is 15.8 Å². The topological polar surface area (TPSA) is 89.5 Å². The number of nitrogens with zero attached hydrogens (tertiary/aromatic N) is 3. The fourth-order valence-corrected chi connectivity index (χ4v) is 2.39. The fraction of sp³-hybridized carbons (Fsp3) is 0.500. The maximum absolute atomic E-state index is 5.56. The maximum atomic E-state index is 5.56. The zero-order valence-corrected chi connectivity index (χ0v) is 10.8. The second-order valence-corrected chi connectivity index (χ2v) is 4.78. The Labute approximate surface area is 111 Å². The Balaban J connectivity index is 1.81. The highest BCUT2D eigenvalue weighted by Crippen LogP contribution is 2.22. The number of aromatic nitrogens is 3. The third kappa shape index (κ3) is 2.34. The lowest BCUT2D eigenvalue weighted by atomic mass is 10.0. The van der Waals surface area contributed by atoms with Crippen LogP contribution in [0.25, 0.3) is 5.65 Å². The zero-order valence-electron chi connectivity index (χ0n) is 10.8. The van der Waals surface area contributed by atoms with Crippen molar-refractivity contribution in [3.8, 4) is 0 Å². The Morgan fingerprint density at radius 3 is 3.21 bits per heavy atom. The molecule has 0 aromatic carbocycles. The number of imidazole rings is 1. The van der Waals surface area contributed by atoms with Crippen LogP contribution in [0.2, 0.25) is 0 Å². The highest BCUT2D eigenvalue weighted by Gasteiger charge is 2.24. The molecule has 1 fully saturated rings. The number of hydrogen-bond acceptors (Lipinski definition) is 6. The smallest absolute Gasteiger partial charge is 0.180 e. The molecule has 2 atom stereocenters. The van der Waals surface area contributed by atoms with Crippen LogP contribution in [0, 0.1) is 5.92 Å². The van der Waals surface area contributed by atoms with Crippen LogP contribution >= 0.6 is 0 Å². The van der Waals surface area contributed by atoms with Crippen molar-refractivity contribution in [2.24, 2.45) is 11.8 Å². The van der Waals surface area contributed by atoms with Gasteiger partial charge in [-0.05, 0) is 13.3 Å². The van der Waals surface area contributed by atoms with Gasteiger partial charge in [0.2, 0.25) is 0 Å². The van der Waals surface area contributed by atoms with E-state index in [1.807, 2.05) is 10.6 Å². The highest BCUT2D eigenvalue weighted by molar-refractivity contribution is 5.65. The molecular formula is C12H18N6O. The van der Waals surface area contributed by atoms with Gasteiger partial charge in [0, 0.05) is 31.5 Å². The maximum Gasteiger partial charge on any atom is 0.180 e. The molecule has 1 aliphatic rings. The first-order valence-corrected chi connectivity index (χ1v) is 6.43. The van der Waals surface area contributed by atoms with Gasteiger partial charge >= 0.3 is 0 Å². The monoisotopic (exact) mass is 262 g/mol. The third-order valence-corrected chi connectivity index (χ3v) is 3.59. The molecule has 2 unspecified atom stereocenters. The van der Waals surface area contributed by atoms with Gasteiger partial charge in [-0.15, -0.1) is 0 Å². The Morgan fingerprint density at radius 2 is 2.47 bits per heavy atom. The molecule has 2 aromatic heterocycles.